The minimum atomic E-state index is -0.0637. The second-order valence-corrected chi connectivity index (χ2v) is 4.43. The van der Waals surface area contributed by atoms with E-state index in [1.165, 1.54) is 0 Å². The second kappa shape index (κ2) is 3.19. The van der Waals surface area contributed by atoms with E-state index in [2.05, 4.69) is 35.7 Å². The van der Waals surface area contributed by atoms with Crippen LogP contribution in [0.1, 0.15) is 25.6 Å². The molecule has 1 aromatic rings. The molecule has 0 saturated carbocycles. The number of hydrogen-bond donors (Lipinski definition) is 1. The molecule has 6 nitrogen and oxygen atoms in total. The van der Waals surface area contributed by atoms with Gasteiger partial charge in [-0.15, -0.1) is 0 Å². The Labute approximate surface area is 98.7 Å². The largest absolute Gasteiger partial charge is 0.313 e. The molecule has 1 N–H and O–H groups in total. The van der Waals surface area contributed by atoms with Crippen LogP contribution in [0.2, 0.25) is 0 Å². The van der Waals surface area contributed by atoms with Crippen LogP contribution in [0.15, 0.2) is 17.9 Å². The molecular weight excluding hydrogens is 218 g/mol. The van der Waals surface area contributed by atoms with Crippen molar-refractivity contribution in [2.75, 3.05) is 6.54 Å². The molecule has 0 unspecified atom stereocenters. The smallest absolute Gasteiger partial charge is 0.246 e. The van der Waals surface area contributed by atoms with Gasteiger partial charge in [-0.3, -0.25) is 10.1 Å². The van der Waals surface area contributed by atoms with Crippen LogP contribution in [0.4, 0.5) is 5.82 Å². The third-order valence-corrected chi connectivity index (χ3v) is 2.94. The Kier molecular flexibility index (Phi) is 1.89. The summed E-state index contributed by atoms with van der Waals surface area (Å²) in [5, 5.41) is 2.72. The van der Waals surface area contributed by atoms with Crippen molar-refractivity contribution in [1.82, 2.24) is 19.8 Å². The number of imidazole rings is 1. The Balaban J connectivity index is 2.15. The highest BCUT2D eigenvalue weighted by atomic mass is 16.2. The number of aromatic nitrogens is 2. The summed E-state index contributed by atoms with van der Waals surface area (Å²) in [5.41, 5.74) is 1.47. The minimum absolute atomic E-state index is 0.0637. The average molecular weight is 231 g/mol. The monoisotopic (exact) mass is 231 g/mol. The van der Waals surface area contributed by atoms with Crippen LogP contribution in [0.3, 0.4) is 0 Å². The zero-order valence-electron chi connectivity index (χ0n) is 9.77. The number of nitrogens with zero attached hydrogens (tertiary/aromatic N) is 4. The lowest BCUT2D eigenvalue weighted by molar-refractivity contribution is -0.118. The fourth-order valence-corrected chi connectivity index (χ4v) is 2.04. The summed E-state index contributed by atoms with van der Waals surface area (Å²) >= 11 is 0. The first-order chi connectivity index (χ1) is 8.08. The van der Waals surface area contributed by atoms with Gasteiger partial charge in [0, 0.05) is 6.04 Å². The molecule has 2 aliphatic heterocycles. The Morgan fingerprint density at radius 3 is 3.00 bits per heavy atom. The molecular formula is C11H13N5O. The van der Waals surface area contributed by atoms with E-state index in [1.807, 2.05) is 4.57 Å². The number of guanidine groups is 1. The van der Waals surface area contributed by atoms with E-state index in [0.29, 0.717) is 5.96 Å². The second-order valence-electron chi connectivity index (χ2n) is 4.43. The number of nitrogens with one attached hydrogen (secondary N) is 1. The van der Waals surface area contributed by atoms with Crippen molar-refractivity contribution in [1.29, 1.82) is 0 Å². The van der Waals surface area contributed by atoms with Gasteiger partial charge in [-0.2, -0.15) is 4.99 Å². The molecule has 0 bridgehead atoms. The third kappa shape index (κ3) is 1.30. The van der Waals surface area contributed by atoms with Gasteiger partial charge in [0.25, 0.3) is 0 Å². The van der Waals surface area contributed by atoms with E-state index < -0.39 is 0 Å². The van der Waals surface area contributed by atoms with E-state index >= 15 is 0 Å². The molecule has 2 aliphatic rings. The molecule has 0 aliphatic carbocycles. The van der Waals surface area contributed by atoms with Crippen molar-refractivity contribution in [2.45, 2.75) is 19.9 Å². The van der Waals surface area contributed by atoms with Crippen molar-refractivity contribution < 1.29 is 4.79 Å². The number of rotatable bonds is 1. The number of amides is 1. The van der Waals surface area contributed by atoms with Gasteiger partial charge >= 0.3 is 0 Å². The van der Waals surface area contributed by atoms with Gasteiger partial charge in [-0.25, -0.2) is 4.98 Å². The molecule has 0 atom stereocenters. The van der Waals surface area contributed by atoms with Crippen molar-refractivity contribution in [3.63, 3.8) is 0 Å². The average Bonchev–Trinajstić information content (AvgIpc) is 2.81. The number of carbonyl (C=O) groups excluding carboxylic acids is 1. The molecule has 17 heavy (non-hydrogen) atoms. The van der Waals surface area contributed by atoms with Gasteiger partial charge in [0.1, 0.15) is 12.2 Å². The highest BCUT2D eigenvalue weighted by Gasteiger charge is 2.34. The summed E-state index contributed by atoms with van der Waals surface area (Å²) in [6, 6.07) is 0.270. The van der Waals surface area contributed by atoms with Crippen LogP contribution in [0, 0.1) is 0 Å². The Morgan fingerprint density at radius 2 is 2.29 bits per heavy atom. The minimum Gasteiger partial charge on any atom is -0.313 e. The maximum absolute atomic E-state index is 11.3. The van der Waals surface area contributed by atoms with E-state index in [4.69, 9.17) is 0 Å². The van der Waals surface area contributed by atoms with Gasteiger partial charge < -0.3 is 9.47 Å². The predicted molar refractivity (Wildman–Crippen MR) is 63.6 cm³/mol. The van der Waals surface area contributed by atoms with Gasteiger partial charge in [-0.05, 0) is 13.8 Å². The Bertz CT molecular complexity index is 554. The Morgan fingerprint density at radius 1 is 1.53 bits per heavy atom. The van der Waals surface area contributed by atoms with Crippen LogP contribution >= 0.6 is 0 Å². The summed E-state index contributed by atoms with van der Waals surface area (Å²) in [6.45, 7) is 8.37. The summed E-state index contributed by atoms with van der Waals surface area (Å²) in [7, 11) is 0. The molecule has 3 heterocycles. The first-order valence-corrected chi connectivity index (χ1v) is 5.50. The normalized spacial score (nSPS) is 18.1. The molecule has 0 radical (unpaired) electrons. The maximum atomic E-state index is 11.3. The van der Waals surface area contributed by atoms with Crippen molar-refractivity contribution in [2.24, 2.45) is 4.99 Å². The van der Waals surface area contributed by atoms with Crippen molar-refractivity contribution in [3.8, 4) is 0 Å². The van der Waals surface area contributed by atoms with Crippen LogP contribution in [0.25, 0.3) is 5.70 Å². The van der Waals surface area contributed by atoms with Crippen LogP contribution < -0.4 is 5.32 Å². The number of carbonyl (C=O) groups is 1. The van der Waals surface area contributed by atoms with Gasteiger partial charge in [0.2, 0.25) is 11.9 Å². The zero-order chi connectivity index (χ0) is 12.2. The maximum Gasteiger partial charge on any atom is 0.246 e. The molecule has 0 aromatic carbocycles. The quantitative estimate of drug-likeness (QED) is 0.780. The number of aliphatic imine (C=N–C) groups is 1. The lowest BCUT2D eigenvalue weighted by Gasteiger charge is -2.23. The summed E-state index contributed by atoms with van der Waals surface area (Å²) in [4.78, 5) is 21.9. The molecule has 6 heteroatoms. The SMILES string of the molecule is C=C1c2ncn(C(C)C)c2N=C2NC(=O)CN12. The fourth-order valence-electron chi connectivity index (χ4n) is 2.04. The molecule has 1 fully saturated rings. The standard InChI is InChI=1S/C11H13N5O/c1-6(2)16-5-12-9-7(3)15-4-8(17)13-11(15)14-10(9)16/h5-6H,3-4H2,1-2H3,(H,13,14,17). The van der Waals surface area contributed by atoms with E-state index in [-0.39, 0.29) is 18.5 Å². The van der Waals surface area contributed by atoms with Crippen LogP contribution in [0.5, 0.6) is 0 Å². The first kappa shape index (κ1) is 10.1. The zero-order valence-corrected chi connectivity index (χ0v) is 9.77. The molecule has 3 rings (SSSR count). The van der Waals surface area contributed by atoms with Gasteiger partial charge in [0.15, 0.2) is 5.82 Å². The van der Waals surface area contributed by atoms with Crippen LogP contribution in [-0.4, -0.2) is 32.9 Å². The number of hydrogen-bond acceptors (Lipinski definition) is 4. The Hall–Kier alpha value is -2.11. The predicted octanol–water partition coefficient (Wildman–Crippen LogP) is 0.868. The van der Waals surface area contributed by atoms with Crippen LogP contribution in [-0.2, 0) is 4.79 Å². The summed E-state index contributed by atoms with van der Waals surface area (Å²) < 4.78 is 1.97. The van der Waals surface area contributed by atoms with Gasteiger partial charge in [0.05, 0.1) is 12.0 Å². The molecule has 88 valence electrons. The lowest BCUT2D eigenvalue weighted by Crippen LogP contribution is -2.31. The van der Waals surface area contributed by atoms with E-state index in [9.17, 15) is 4.79 Å². The first-order valence-electron chi connectivity index (χ1n) is 5.50. The molecule has 1 amide bonds. The van der Waals surface area contributed by atoms with E-state index in [1.54, 1.807) is 11.2 Å². The summed E-state index contributed by atoms with van der Waals surface area (Å²) in [5.74, 6) is 1.25. The molecule has 0 spiro atoms. The van der Waals surface area contributed by atoms with Crippen molar-refractivity contribution >= 4 is 23.4 Å². The third-order valence-electron chi connectivity index (χ3n) is 2.94. The van der Waals surface area contributed by atoms with Crippen molar-refractivity contribution in [3.05, 3.63) is 18.6 Å². The van der Waals surface area contributed by atoms with E-state index in [0.717, 1.165) is 17.2 Å². The van der Waals surface area contributed by atoms with Gasteiger partial charge in [-0.1, -0.05) is 6.58 Å². The fraction of sp³-hybridized carbons (Fsp3) is 0.364. The lowest BCUT2D eigenvalue weighted by atomic mass is 10.2. The summed E-state index contributed by atoms with van der Waals surface area (Å²) in [6.07, 6.45) is 1.76. The highest BCUT2D eigenvalue weighted by Crippen LogP contribution is 2.34. The molecule has 1 saturated heterocycles. The highest BCUT2D eigenvalue weighted by molar-refractivity contribution is 6.10. The topological polar surface area (TPSA) is 62.5 Å². The number of fused-ring (bicyclic) bond motifs is 2. The molecule has 1 aromatic heterocycles.